The van der Waals surface area contributed by atoms with Gasteiger partial charge in [0.1, 0.15) is 17.1 Å². The molecular weight excluding hydrogens is 417 g/mol. The summed E-state index contributed by atoms with van der Waals surface area (Å²) in [6.45, 7) is 1.29. The first-order valence-electron chi connectivity index (χ1n) is 9.04. The molecule has 30 heavy (non-hydrogen) atoms. The van der Waals surface area contributed by atoms with Gasteiger partial charge in [0, 0.05) is 12.4 Å². The fourth-order valence-corrected chi connectivity index (χ4v) is 3.85. The molecule has 0 atom stereocenters. The number of benzene rings is 2. The summed E-state index contributed by atoms with van der Waals surface area (Å²) in [5, 5.41) is 0. The number of hydrogen-bond acceptors (Lipinski definition) is 4. The number of nitrogens with zero attached hydrogens (tertiary/aromatic N) is 2. The Labute approximate surface area is 172 Å². The van der Waals surface area contributed by atoms with Crippen molar-refractivity contribution in [1.29, 1.82) is 0 Å². The van der Waals surface area contributed by atoms with Gasteiger partial charge in [0.15, 0.2) is 0 Å². The van der Waals surface area contributed by atoms with Crippen molar-refractivity contribution < 1.29 is 26.3 Å². The van der Waals surface area contributed by atoms with Crippen molar-refractivity contribution in [3.8, 4) is 11.5 Å². The number of ether oxygens (including phenoxy) is 1. The van der Waals surface area contributed by atoms with E-state index in [4.69, 9.17) is 4.74 Å². The SMILES string of the molecule is CCS(=O)(=O)N(Cc1cccnc1)c1ccc(Oc2ccccc2)c(C(F)(F)F)c1. The Hall–Kier alpha value is -3.07. The zero-order valence-electron chi connectivity index (χ0n) is 16.0. The van der Waals surface area contributed by atoms with Crippen LogP contribution in [0.2, 0.25) is 0 Å². The number of halogens is 3. The fraction of sp³-hybridized carbons (Fsp3) is 0.190. The highest BCUT2D eigenvalue weighted by atomic mass is 32.2. The molecule has 0 aliphatic rings. The van der Waals surface area contributed by atoms with Gasteiger partial charge in [-0.1, -0.05) is 24.3 Å². The number of para-hydroxylation sites is 1. The molecule has 0 saturated heterocycles. The Morgan fingerprint density at radius 1 is 1.03 bits per heavy atom. The van der Waals surface area contributed by atoms with Crippen LogP contribution in [0.4, 0.5) is 18.9 Å². The van der Waals surface area contributed by atoms with Gasteiger partial charge in [-0.15, -0.1) is 0 Å². The lowest BCUT2D eigenvalue weighted by Gasteiger charge is -2.25. The third-order valence-corrected chi connectivity index (χ3v) is 6.02. The van der Waals surface area contributed by atoms with Gasteiger partial charge in [0.05, 0.1) is 18.0 Å². The molecule has 0 unspecified atom stereocenters. The lowest BCUT2D eigenvalue weighted by atomic mass is 10.1. The van der Waals surface area contributed by atoms with Gasteiger partial charge in [-0.05, 0) is 48.9 Å². The molecular formula is C21H19F3N2O3S. The van der Waals surface area contributed by atoms with Crippen LogP contribution in [0.5, 0.6) is 11.5 Å². The quantitative estimate of drug-likeness (QED) is 0.508. The van der Waals surface area contributed by atoms with Crippen molar-refractivity contribution in [1.82, 2.24) is 4.98 Å². The van der Waals surface area contributed by atoms with E-state index in [0.717, 1.165) is 16.4 Å². The van der Waals surface area contributed by atoms with Crippen molar-refractivity contribution >= 4 is 15.7 Å². The molecule has 2 aromatic carbocycles. The van der Waals surface area contributed by atoms with E-state index >= 15 is 0 Å². The summed E-state index contributed by atoms with van der Waals surface area (Å²) in [5.74, 6) is -0.437. The first-order chi connectivity index (χ1) is 14.2. The molecule has 0 radical (unpaired) electrons. The molecule has 0 fully saturated rings. The van der Waals surface area contributed by atoms with Crippen LogP contribution in [0.15, 0.2) is 73.1 Å². The van der Waals surface area contributed by atoms with Crippen molar-refractivity contribution in [2.24, 2.45) is 0 Å². The van der Waals surface area contributed by atoms with Gasteiger partial charge >= 0.3 is 6.18 Å². The van der Waals surface area contributed by atoms with Crippen molar-refractivity contribution in [2.45, 2.75) is 19.6 Å². The Balaban J connectivity index is 2.06. The molecule has 0 aliphatic carbocycles. The highest BCUT2D eigenvalue weighted by Gasteiger charge is 2.36. The Kier molecular flexibility index (Phi) is 6.31. The summed E-state index contributed by atoms with van der Waals surface area (Å²) in [6.07, 6.45) is -1.74. The summed E-state index contributed by atoms with van der Waals surface area (Å²) in [4.78, 5) is 3.94. The van der Waals surface area contributed by atoms with E-state index in [-0.39, 0.29) is 23.7 Å². The summed E-state index contributed by atoms with van der Waals surface area (Å²) in [5.41, 5.74) is -0.618. The monoisotopic (exact) mass is 436 g/mol. The first kappa shape index (κ1) is 21.6. The van der Waals surface area contributed by atoms with Crippen LogP contribution in [0, 0.1) is 0 Å². The van der Waals surface area contributed by atoms with Gasteiger partial charge in [0.25, 0.3) is 0 Å². The van der Waals surface area contributed by atoms with Gasteiger partial charge in [-0.3, -0.25) is 9.29 Å². The first-order valence-corrected chi connectivity index (χ1v) is 10.6. The molecule has 158 valence electrons. The van der Waals surface area contributed by atoms with E-state index < -0.39 is 27.5 Å². The summed E-state index contributed by atoms with van der Waals surface area (Å²) in [7, 11) is -3.85. The Morgan fingerprint density at radius 2 is 1.77 bits per heavy atom. The van der Waals surface area contributed by atoms with Gasteiger partial charge in [0.2, 0.25) is 10.0 Å². The maximum atomic E-state index is 13.7. The Bertz CT molecular complexity index is 1090. The van der Waals surface area contributed by atoms with E-state index in [1.54, 1.807) is 30.3 Å². The summed E-state index contributed by atoms with van der Waals surface area (Å²) >= 11 is 0. The molecule has 0 aliphatic heterocycles. The number of rotatable bonds is 7. The molecule has 9 heteroatoms. The van der Waals surface area contributed by atoms with Gasteiger partial charge < -0.3 is 4.74 Å². The molecule has 5 nitrogen and oxygen atoms in total. The maximum Gasteiger partial charge on any atom is 0.420 e. The van der Waals surface area contributed by atoms with Gasteiger partial charge in [-0.25, -0.2) is 8.42 Å². The topological polar surface area (TPSA) is 59.5 Å². The second kappa shape index (κ2) is 8.74. The van der Waals surface area contributed by atoms with Crippen molar-refractivity contribution in [3.05, 3.63) is 84.2 Å². The van der Waals surface area contributed by atoms with Gasteiger partial charge in [-0.2, -0.15) is 13.2 Å². The van der Waals surface area contributed by atoms with E-state index in [1.165, 1.54) is 37.5 Å². The zero-order chi connectivity index (χ0) is 21.8. The standard InChI is InChI=1S/C21H19F3N2O3S/c1-2-30(27,28)26(15-16-7-6-12-25-14-16)17-10-11-20(19(13-17)21(22,23)24)29-18-8-4-3-5-9-18/h3-14H,2,15H2,1H3. The average Bonchev–Trinajstić information content (AvgIpc) is 2.73. The summed E-state index contributed by atoms with van der Waals surface area (Å²) in [6, 6.07) is 14.6. The molecule has 1 heterocycles. The predicted molar refractivity (Wildman–Crippen MR) is 108 cm³/mol. The number of aromatic nitrogens is 1. The molecule has 3 aromatic rings. The van der Waals surface area contributed by atoms with E-state index in [2.05, 4.69) is 4.98 Å². The lowest BCUT2D eigenvalue weighted by Crippen LogP contribution is -2.32. The number of anilines is 1. The van der Waals surface area contributed by atoms with Crippen LogP contribution < -0.4 is 9.04 Å². The zero-order valence-corrected chi connectivity index (χ0v) is 16.8. The number of alkyl halides is 3. The number of sulfonamides is 1. The molecule has 1 aromatic heterocycles. The molecule has 0 saturated carbocycles. The highest BCUT2D eigenvalue weighted by molar-refractivity contribution is 7.92. The molecule has 0 amide bonds. The third-order valence-electron chi connectivity index (χ3n) is 4.28. The Morgan fingerprint density at radius 3 is 2.37 bits per heavy atom. The smallest absolute Gasteiger partial charge is 0.420 e. The molecule has 3 rings (SSSR count). The van der Waals surface area contributed by atoms with Crippen molar-refractivity contribution in [2.75, 3.05) is 10.1 Å². The molecule has 0 spiro atoms. The van der Waals surface area contributed by atoms with Crippen LogP contribution in [0.1, 0.15) is 18.1 Å². The minimum Gasteiger partial charge on any atom is -0.457 e. The van der Waals surface area contributed by atoms with Crippen molar-refractivity contribution in [3.63, 3.8) is 0 Å². The van der Waals surface area contributed by atoms with E-state index in [0.29, 0.717) is 5.56 Å². The second-order valence-corrected chi connectivity index (χ2v) is 8.54. The average molecular weight is 436 g/mol. The van der Waals surface area contributed by atoms with Crippen LogP contribution in [-0.4, -0.2) is 19.2 Å². The predicted octanol–water partition coefficient (Wildman–Crippen LogP) is 5.25. The minimum absolute atomic E-state index is 0.103. The van der Waals surface area contributed by atoms with Crippen LogP contribution in [0.25, 0.3) is 0 Å². The van der Waals surface area contributed by atoms with E-state index in [9.17, 15) is 21.6 Å². The highest BCUT2D eigenvalue weighted by Crippen LogP contribution is 2.41. The molecule has 0 N–H and O–H groups in total. The minimum atomic E-state index is -4.74. The van der Waals surface area contributed by atoms with E-state index in [1.807, 2.05) is 0 Å². The molecule has 0 bridgehead atoms. The van der Waals surface area contributed by atoms with Crippen LogP contribution in [-0.2, 0) is 22.7 Å². The lowest BCUT2D eigenvalue weighted by molar-refractivity contribution is -0.138. The third kappa shape index (κ3) is 5.10. The number of pyridine rings is 1. The van der Waals surface area contributed by atoms with Crippen LogP contribution >= 0.6 is 0 Å². The number of hydrogen-bond donors (Lipinski definition) is 0. The van der Waals surface area contributed by atoms with Crippen LogP contribution in [0.3, 0.4) is 0 Å². The normalized spacial score (nSPS) is 11.9. The largest absolute Gasteiger partial charge is 0.457 e. The summed E-state index contributed by atoms with van der Waals surface area (Å²) < 4.78 is 72.8. The maximum absolute atomic E-state index is 13.7. The fourth-order valence-electron chi connectivity index (χ4n) is 2.76. The second-order valence-electron chi connectivity index (χ2n) is 6.36.